The molecule has 0 aliphatic heterocycles. The zero-order chi connectivity index (χ0) is 19.4. The van der Waals surface area contributed by atoms with E-state index in [1.807, 2.05) is 6.07 Å². The monoisotopic (exact) mass is 388 g/mol. The molecule has 3 aromatic rings. The van der Waals surface area contributed by atoms with Crippen molar-refractivity contribution in [3.63, 3.8) is 0 Å². The van der Waals surface area contributed by atoms with Gasteiger partial charge in [-0.2, -0.15) is 0 Å². The van der Waals surface area contributed by atoms with Crippen LogP contribution in [0.5, 0.6) is 0 Å². The van der Waals surface area contributed by atoms with Crippen LogP contribution in [0.25, 0.3) is 11.1 Å². The van der Waals surface area contributed by atoms with Crippen LogP contribution in [-0.2, 0) is 20.9 Å². The highest BCUT2D eigenvalue weighted by Gasteiger charge is 2.15. The van der Waals surface area contributed by atoms with Crippen LogP contribution >= 0.6 is 11.6 Å². The van der Waals surface area contributed by atoms with Crippen molar-refractivity contribution in [1.29, 1.82) is 0 Å². The molecule has 8 heteroatoms. The van der Waals surface area contributed by atoms with Crippen LogP contribution in [0.1, 0.15) is 18.5 Å². The number of ether oxygens (including phenoxy) is 1. The van der Waals surface area contributed by atoms with Crippen LogP contribution in [0, 0.1) is 0 Å². The number of nitrogens with one attached hydrogen (secondary N) is 1. The van der Waals surface area contributed by atoms with Gasteiger partial charge in [0.05, 0.1) is 11.6 Å². The second-order valence-corrected chi connectivity index (χ2v) is 6.36. The summed E-state index contributed by atoms with van der Waals surface area (Å²) in [5.41, 5.74) is 1.69. The molecule has 0 spiro atoms. The number of hydrogen-bond acceptors (Lipinski definition) is 5. The summed E-state index contributed by atoms with van der Waals surface area (Å²) in [6.07, 6.45) is 0. The maximum atomic E-state index is 12.0. The molecule has 0 saturated heterocycles. The third-order valence-electron chi connectivity index (χ3n) is 3.95. The predicted octanol–water partition coefficient (Wildman–Crippen LogP) is 2.67. The van der Waals surface area contributed by atoms with Crippen LogP contribution in [0.15, 0.2) is 57.7 Å². The Hall–Kier alpha value is -3.06. The number of para-hydroxylation sites is 2. The van der Waals surface area contributed by atoms with Gasteiger partial charge < -0.3 is 14.5 Å². The van der Waals surface area contributed by atoms with E-state index in [-0.39, 0.29) is 12.6 Å². The van der Waals surface area contributed by atoms with E-state index in [2.05, 4.69) is 5.32 Å². The van der Waals surface area contributed by atoms with Crippen molar-refractivity contribution in [2.45, 2.75) is 19.5 Å². The Bertz CT molecular complexity index is 1040. The third kappa shape index (κ3) is 4.57. The molecule has 0 bridgehead atoms. The van der Waals surface area contributed by atoms with Crippen LogP contribution in [0.3, 0.4) is 0 Å². The van der Waals surface area contributed by atoms with Crippen LogP contribution in [0.4, 0.5) is 0 Å². The van der Waals surface area contributed by atoms with Crippen LogP contribution in [0.2, 0.25) is 5.02 Å². The molecule has 0 aliphatic rings. The Morgan fingerprint density at radius 3 is 2.78 bits per heavy atom. The van der Waals surface area contributed by atoms with E-state index in [4.69, 9.17) is 20.8 Å². The van der Waals surface area contributed by atoms with Gasteiger partial charge in [-0.15, -0.1) is 0 Å². The lowest BCUT2D eigenvalue weighted by Gasteiger charge is -2.14. The number of oxazole rings is 1. The molecule has 2 aromatic carbocycles. The van der Waals surface area contributed by atoms with E-state index < -0.39 is 24.2 Å². The fraction of sp³-hybridized carbons (Fsp3) is 0.211. The van der Waals surface area contributed by atoms with E-state index in [0.29, 0.717) is 16.1 Å². The summed E-state index contributed by atoms with van der Waals surface area (Å²) >= 11 is 5.93. The topological polar surface area (TPSA) is 90.5 Å². The highest BCUT2D eigenvalue weighted by molar-refractivity contribution is 6.30. The highest BCUT2D eigenvalue weighted by Crippen LogP contribution is 2.17. The first kappa shape index (κ1) is 18.7. The number of amides is 1. The maximum Gasteiger partial charge on any atom is 0.420 e. The molecule has 3 rings (SSSR count). The van der Waals surface area contributed by atoms with Crippen molar-refractivity contribution in [1.82, 2.24) is 9.88 Å². The van der Waals surface area contributed by atoms with Crippen molar-refractivity contribution in [3.05, 3.63) is 69.7 Å². The normalized spacial score (nSPS) is 11.9. The van der Waals surface area contributed by atoms with E-state index >= 15 is 0 Å². The molecule has 0 aliphatic carbocycles. The third-order valence-corrected chi connectivity index (χ3v) is 4.19. The molecule has 1 heterocycles. The van der Waals surface area contributed by atoms with Crippen molar-refractivity contribution in [2.24, 2.45) is 0 Å². The number of rotatable bonds is 6. The number of carbonyl (C=O) groups is 2. The van der Waals surface area contributed by atoms with E-state index in [0.717, 1.165) is 10.1 Å². The molecule has 0 saturated carbocycles. The molecule has 27 heavy (non-hydrogen) atoms. The lowest BCUT2D eigenvalue weighted by molar-refractivity contribution is -0.149. The van der Waals surface area contributed by atoms with E-state index in [9.17, 15) is 14.4 Å². The zero-order valence-electron chi connectivity index (χ0n) is 14.5. The van der Waals surface area contributed by atoms with Gasteiger partial charge in [-0.3, -0.25) is 14.2 Å². The minimum absolute atomic E-state index is 0.296. The first-order valence-electron chi connectivity index (χ1n) is 8.23. The Morgan fingerprint density at radius 1 is 1.22 bits per heavy atom. The number of halogens is 1. The summed E-state index contributed by atoms with van der Waals surface area (Å²) in [5, 5.41) is 3.28. The van der Waals surface area contributed by atoms with Crippen LogP contribution < -0.4 is 11.1 Å². The quantitative estimate of drug-likeness (QED) is 0.655. The van der Waals surface area contributed by atoms with Gasteiger partial charge in [-0.1, -0.05) is 35.9 Å². The lowest BCUT2D eigenvalue weighted by Crippen LogP contribution is -2.32. The summed E-state index contributed by atoms with van der Waals surface area (Å²) in [7, 11) is 0. The standard InChI is InChI=1S/C19H17ClN2O5/c1-12(13-5-4-6-14(20)9-13)21-17(23)11-26-18(24)10-22-15-7-2-3-8-16(15)27-19(22)25/h2-9,12H,10-11H2,1H3,(H,21,23)/t12-/m0/s1. The van der Waals surface area contributed by atoms with Crippen molar-refractivity contribution < 1.29 is 18.7 Å². The first-order valence-corrected chi connectivity index (χ1v) is 8.60. The van der Waals surface area contributed by atoms with Gasteiger partial charge in [0.15, 0.2) is 12.2 Å². The van der Waals surface area contributed by atoms with Crippen LogP contribution in [-0.4, -0.2) is 23.1 Å². The molecule has 1 aromatic heterocycles. The van der Waals surface area contributed by atoms with E-state index in [1.165, 1.54) is 0 Å². The fourth-order valence-corrected chi connectivity index (χ4v) is 2.83. The molecule has 7 nitrogen and oxygen atoms in total. The molecular formula is C19H17ClN2O5. The Balaban J connectivity index is 1.55. The number of aromatic nitrogens is 1. The molecule has 1 N–H and O–H groups in total. The minimum Gasteiger partial charge on any atom is -0.454 e. The predicted molar refractivity (Wildman–Crippen MR) is 99.4 cm³/mol. The SMILES string of the molecule is C[C@H](NC(=O)COC(=O)Cn1c(=O)oc2ccccc21)c1cccc(Cl)c1. The lowest BCUT2D eigenvalue weighted by atomic mass is 10.1. The first-order chi connectivity index (χ1) is 12.9. The second kappa shape index (κ2) is 8.09. The van der Waals surface area contributed by atoms with Gasteiger partial charge in [0.1, 0.15) is 6.54 Å². The van der Waals surface area contributed by atoms with Crippen molar-refractivity contribution in [2.75, 3.05) is 6.61 Å². The minimum atomic E-state index is -0.714. The molecule has 1 atom stereocenters. The fourth-order valence-electron chi connectivity index (χ4n) is 2.63. The zero-order valence-corrected chi connectivity index (χ0v) is 15.2. The molecule has 1 amide bonds. The molecule has 0 radical (unpaired) electrons. The number of hydrogen-bond donors (Lipinski definition) is 1. The molecule has 0 fully saturated rings. The maximum absolute atomic E-state index is 12.0. The highest BCUT2D eigenvalue weighted by atomic mass is 35.5. The van der Waals surface area contributed by atoms with Gasteiger partial charge in [0.2, 0.25) is 0 Å². The second-order valence-electron chi connectivity index (χ2n) is 5.93. The number of esters is 1. The van der Waals surface area contributed by atoms with Gasteiger partial charge in [-0.05, 0) is 36.8 Å². The van der Waals surface area contributed by atoms with Crippen molar-refractivity contribution in [3.8, 4) is 0 Å². The summed E-state index contributed by atoms with van der Waals surface area (Å²) in [6, 6.07) is 13.5. The Kier molecular flexibility index (Phi) is 5.61. The average Bonchev–Trinajstić information content (AvgIpc) is 2.95. The summed E-state index contributed by atoms with van der Waals surface area (Å²) in [5.74, 6) is -1.83. The summed E-state index contributed by atoms with van der Waals surface area (Å²) in [4.78, 5) is 35.8. The van der Waals surface area contributed by atoms with Gasteiger partial charge in [0.25, 0.3) is 5.91 Å². The summed E-state index contributed by atoms with van der Waals surface area (Å²) < 4.78 is 11.2. The van der Waals surface area contributed by atoms with Gasteiger partial charge >= 0.3 is 11.7 Å². The summed E-state index contributed by atoms with van der Waals surface area (Å²) in [6.45, 7) is 1.00. The number of nitrogens with zero attached hydrogens (tertiary/aromatic N) is 1. The largest absolute Gasteiger partial charge is 0.454 e. The smallest absolute Gasteiger partial charge is 0.420 e. The van der Waals surface area contributed by atoms with Crippen molar-refractivity contribution >= 4 is 34.6 Å². The van der Waals surface area contributed by atoms with Gasteiger partial charge in [-0.25, -0.2) is 4.79 Å². The average molecular weight is 389 g/mol. The molecule has 0 unspecified atom stereocenters. The Labute approximate surface area is 159 Å². The Morgan fingerprint density at radius 2 is 2.00 bits per heavy atom. The molecular weight excluding hydrogens is 372 g/mol. The molecule has 140 valence electrons. The van der Waals surface area contributed by atoms with Gasteiger partial charge in [0, 0.05) is 5.02 Å². The van der Waals surface area contributed by atoms with E-state index in [1.54, 1.807) is 49.4 Å². The number of benzene rings is 2. The number of fused-ring (bicyclic) bond motifs is 1. The number of carbonyl (C=O) groups excluding carboxylic acids is 2.